The van der Waals surface area contributed by atoms with Crippen LogP contribution in [0.2, 0.25) is 0 Å². The van der Waals surface area contributed by atoms with Gasteiger partial charge < -0.3 is 35.2 Å². The van der Waals surface area contributed by atoms with Gasteiger partial charge in [0, 0.05) is 120 Å². The number of aryl methyl sites for hydroxylation is 1. The van der Waals surface area contributed by atoms with Crippen LogP contribution in [0, 0.1) is 11.3 Å². The maximum atomic E-state index is 14.7. The zero-order chi connectivity index (χ0) is 44.8. The van der Waals surface area contributed by atoms with Crippen LogP contribution in [-0.4, -0.2) is 139 Å². The summed E-state index contributed by atoms with van der Waals surface area (Å²) in [5.74, 6) is -1.41. The third-order valence-electron chi connectivity index (χ3n) is 14.8. The fourth-order valence-electron chi connectivity index (χ4n) is 11.5. The van der Waals surface area contributed by atoms with Crippen molar-refractivity contribution in [2.75, 3.05) is 75.8 Å². The Morgan fingerprint density at radius 1 is 0.922 bits per heavy atom. The Balaban J connectivity index is 0.789. The lowest BCUT2D eigenvalue weighted by molar-refractivity contribution is -0.136. The average molecular weight is 880 g/mol. The van der Waals surface area contributed by atoms with Gasteiger partial charge in [0.25, 0.3) is 18.2 Å². The highest BCUT2D eigenvalue weighted by molar-refractivity contribution is 6.25. The van der Waals surface area contributed by atoms with E-state index in [1.54, 1.807) is 38.4 Å². The Bertz CT molecular complexity index is 2300. The number of fused-ring (bicyclic) bond motifs is 2. The van der Waals surface area contributed by atoms with Gasteiger partial charge in [-0.1, -0.05) is 12.5 Å². The second-order valence-electron chi connectivity index (χ2n) is 18.5. The van der Waals surface area contributed by atoms with Crippen LogP contribution in [0.3, 0.4) is 0 Å². The number of likely N-dealkylation sites (tertiary alicyclic amines) is 1. The van der Waals surface area contributed by atoms with Gasteiger partial charge in [-0.15, -0.1) is 0 Å². The minimum absolute atomic E-state index is 0.0126. The lowest BCUT2D eigenvalue weighted by atomic mass is 9.90. The van der Waals surface area contributed by atoms with E-state index in [9.17, 15) is 32.8 Å². The maximum Gasteiger partial charge on any atom is 0.264 e. The van der Waals surface area contributed by atoms with Crippen LogP contribution in [0.5, 0.6) is 0 Å². The highest BCUT2D eigenvalue weighted by atomic mass is 19.3. The van der Waals surface area contributed by atoms with Gasteiger partial charge in [-0.05, 0) is 98.4 Å². The van der Waals surface area contributed by atoms with Crippen LogP contribution >= 0.6 is 0 Å². The van der Waals surface area contributed by atoms with E-state index in [1.165, 1.54) is 11.3 Å². The van der Waals surface area contributed by atoms with E-state index in [2.05, 4.69) is 30.2 Å². The number of hydrogen-bond donors (Lipinski definition) is 3. The van der Waals surface area contributed by atoms with Crippen molar-refractivity contribution in [1.82, 2.24) is 30.2 Å². The molecule has 0 radical (unpaired) electrons. The summed E-state index contributed by atoms with van der Waals surface area (Å²) >= 11 is 0. The lowest BCUT2D eigenvalue weighted by Crippen LogP contribution is -2.54. The molecule has 0 saturated carbocycles. The van der Waals surface area contributed by atoms with Crippen LogP contribution in [0.1, 0.15) is 109 Å². The van der Waals surface area contributed by atoms with Crippen LogP contribution in [-0.2, 0) is 20.8 Å². The van der Waals surface area contributed by atoms with Crippen molar-refractivity contribution in [2.24, 2.45) is 5.92 Å². The lowest BCUT2D eigenvalue weighted by Gasteiger charge is -2.42. The van der Waals surface area contributed by atoms with Crippen molar-refractivity contribution >= 4 is 52.7 Å². The predicted molar refractivity (Wildman–Crippen MR) is 239 cm³/mol. The molecule has 3 fully saturated rings. The summed E-state index contributed by atoms with van der Waals surface area (Å²) in [4.78, 5) is 76.5. The fourth-order valence-corrected chi connectivity index (χ4v) is 11.5. The maximum absolute atomic E-state index is 14.7. The number of halogens is 2. The number of alkyl halides is 2. The fraction of sp³-hybridized carbons (Fsp3) is 0.542. The highest BCUT2D eigenvalue weighted by Gasteiger charge is 2.47. The third kappa shape index (κ3) is 8.06. The molecule has 340 valence electrons. The molecule has 2 aromatic rings. The summed E-state index contributed by atoms with van der Waals surface area (Å²) < 4.78 is 29.4. The van der Waals surface area contributed by atoms with Gasteiger partial charge in [0.15, 0.2) is 0 Å². The Morgan fingerprint density at radius 2 is 1.72 bits per heavy atom. The minimum atomic E-state index is -2.69. The molecular formula is C48H59F2N9O5. The van der Waals surface area contributed by atoms with Gasteiger partial charge in [-0.25, -0.2) is 8.78 Å². The molecule has 0 bridgehead atoms. The Hall–Kier alpha value is -5.64. The van der Waals surface area contributed by atoms with Crippen molar-refractivity contribution in [3.8, 4) is 0 Å². The van der Waals surface area contributed by atoms with Crippen molar-refractivity contribution in [3.63, 3.8) is 0 Å². The molecule has 0 aliphatic carbocycles. The van der Waals surface area contributed by atoms with Gasteiger partial charge in [0.2, 0.25) is 17.7 Å². The number of nitrogens with zero attached hydrogens (tertiary/aromatic N) is 6. The van der Waals surface area contributed by atoms with Crippen LogP contribution < -0.4 is 20.4 Å². The van der Waals surface area contributed by atoms with E-state index in [0.29, 0.717) is 47.3 Å². The summed E-state index contributed by atoms with van der Waals surface area (Å²) in [5, 5.41) is 13.1. The number of piperidine rings is 2. The molecule has 0 spiro atoms. The number of rotatable bonds is 13. The molecule has 7 aliphatic rings. The number of allylic oxidation sites excluding steroid dienone is 1. The molecule has 2 atom stereocenters. The number of carbonyl (C=O) groups excluding carboxylic acids is 5. The molecule has 3 saturated heterocycles. The van der Waals surface area contributed by atoms with Crippen LogP contribution in [0.4, 0.5) is 20.2 Å². The van der Waals surface area contributed by atoms with E-state index in [-0.39, 0.29) is 30.4 Å². The number of amides is 5. The second-order valence-corrected chi connectivity index (χ2v) is 18.5. The zero-order valence-corrected chi connectivity index (χ0v) is 36.8. The minimum Gasteiger partial charge on any atom is -0.393 e. The van der Waals surface area contributed by atoms with E-state index >= 15 is 0 Å². The van der Waals surface area contributed by atoms with Gasteiger partial charge >= 0.3 is 0 Å². The Kier molecular flexibility index (Phi) is 12.3. The summed E-state index contributed by atoms with van der Waals surface area (Å²) in [6, 6.07) is 8.21. The summed E-state index contributed by atoms with van der Waals surface area (Å²) in [6.45, 7) is 9.07. The van der Waals surface area contributed by atoms with Crippen LogP contribution in [0.25, 0.3) is 5.57 Å². The first kappa shape index (κ1) is 43.6. The van der Waals surface area contributed by atoms with Crippen molar-refractivity contribution in [1.29, 1.82) is 5.41 Å². The number of unbranched alkanes of at least 4 members (excludes halogenated alkanes) is 1. The van der Waals surface area contributed by atoms with Gasteiger partial charge in [0.1, 0.15) is 6.04 Å². The largest absolute Gasteiger partial charge is 0.393 e. The van der Waals surface area contributed by atoms with E-state index in [0.717, 1.165) is 125 Å². The molecule has 5 amide bonds. The first-order valence-electron chi connectivity index (χ1n) is 23.1. The summed E-state index contributed by atoms with van der Waals surface area (Å²) in [7, 11) is 1.70. The van der Waals surface area contributed by atoms with Gasteiger partial charge in [-0.2, -0.15) is 0 Å². The van der Waals surface area contributed by atoms with E-state index < -0.39 is 36.1 Å². The SMILES string of the molecule is CN/C=C(\C=N)c1cc2c(cc1C(F)F)N(C1CN(C3CCN(CCCCC4CN(c5cccc6c5C(=O)N(C5CCC(=O)NC5=O)C6=O)C4)CC3)C3=C1CN(C(C)=O)CC3)CCC2. The molecule has 2 unspecified atom stereocenters. The second kappa shape index (κ2) is 18.1. The number of nitrogens with one attached hydrogen (secondary N) is 3. The Labute approximate surface area is 373 Å². The first-order chi connectivity index (χ1) is 30.9. The normalized spacial score (nSPS) is 23.5. The number of hydrogen-bond acceptors (Lipinski definition) is 11. The number of anilines is 2. The average Bonchev–Trinajstić information content (AvgIpc) is 3.78. The predicted octanol–water partition coefficient (Wildman–Crippen LogP) is 4.95. The monoisotopic (exact) mass is 879 g/mol. The molecule has 0 aromatic heterocycles. The molecule has 14 nitrogen and oxygen atoms in total. The first-order valence-corrected chi connectivity index (χ1v) is 23.1. The molecule has 7 heterocycles. The summed E-state index contributed by atoms with van der Waals surface area (Å²) in [5.41, 5.74) is 6.58. The van der Waals surface area contributed by atoms with Gasteiger partial charge in [0.05, 0.1) is 22.9 Å². The molecule has 9 rings (SSSR count). The smallest absolute Gasteiger partial charge is 0.264 e. The molecular weight excluding hydrogens is 821 g/mol. The highest BCUT2D eigenvalue weighted by Crippen LogP contribution is 2.43. The van der Waals surface area contributed by atoms with E-state index in [4.69, 9.17) is 5.41 Å². The molecule has 64 heavy (non-hydrogen) atoms. The Morgan fingerprint density at radius 3 is 2.44 bits per heavy atom. The number of carbonyl (C=O) groups is 5. The standard InChI is InChI=1S/C48H59F2N9O5/c1-29(60)55-20-15-38-37(27-55)42(57-17-6-8-31-21-35(32(23-51)24-52-2)36(45(49)50)22-41(31)57)28-58(38)33-13-18-54(19-14-33)16-4-3-7-30-25-56(26-30)39-10-5-9-34-44(39)48(64)59(47(34)63)40-11-12-43(61)53-46(40)62/h5,9-10,21-24,30,33,40,42,45,51-52H,3-4,6-8,11-20,25-28H2,1-2H3,(H,53,61,62)/b32-24+,51-23?. The van der Waals surface area contributed by atoms with E-state index in [1.807, 2.05) is 17.0 Å². The quantitative estimate of drug-likeness (QED) is 0.143. The van der Waals surface area contributed by atoms with Crippen molar-refractivity contribution in [2.45, 2.75) is 95.7 Å². The molecule has 7 aliphatic heterocycles. The molecule has 3 N–H and O–H groups in total. The summed E-state index contributed by atoms with van der Waals surface area (Å²) in [6.07, 6.45) is 8.08. The molecule has 2 aromatic carbocycles. The number of benzene rings is 2. The zero-order valence-electron chi connectivity index (χ0n) is 36.8. The van der Waals surface area contributed by atoms with Gasteiger partial charge in [-0.3, -0.25) is 34.2 Å². The van der Waals surface area contributed by atoms with Crippen LogP contribution in [0.15, 0.2) is 47.8 Å². The third-order valence-corrected chi connectivity index (χ3v) is 14.8. The topological polar surface area (TPSA) is 153 Å². The molecule has 16 heteroatoms. The van der Waals surface area contributed by atoms with Crippen molar-refractivity contribution in [3.05, 3.63) is 75.6 Å². The number of imide groups is 2. The van der Waals surface area contributed by atoms with Crippen molar-refractivity contribution < 1.29 is 32.8 Å².